The van der Waals surface area contributed by atoms with E-state index in [9.17, 15) is 9.18 Å². The Balaban J connectivity index is 2.24. The third-order valence-electron chi connectivity index (χ3n) is 2.83. The first-order valence-electron chi connectivity index (χ1n) is 6.16. The number of nitrogens with two attached hydrogens (primary N) is 1. The second-order valence-electron chi connectivity index (χ2n) is 4.30. The summed E-state index contributed by atoms with van der Waals surface area (Å²) >= 11 is 6.93. The number of carbonyl (C=O) groups is 1. The average Bonchev–Trinajstić information content (AvgIpc) is 2.84. The van der Waals surface area contributed by atoms with Crippen LogP contribution in [0.15, 0.2) is 18.2 Å². The van der Waals surface area contributed by atoms with Crippen molar-refractivity contribution >= 4 is 45.5 Å². The summed E-state index contributed by atoms with van der Waals surface area (Å²) in [6, 6.07) is 3.93. The van der Waals surface area contributed by atoms with Crippen molar-refractivity contribution in [2.24, 2.45) is 0 Å². The topological polar surface area (TPSA) is 71.2 Å². The number of amides is 1. The van der Waals surface area contributed by atoms with Gasteiger partial charge in [0.15, 0.2) is 5.13 Å². The molecule has 21 heavy (non-hydrogen) atoms. The van der Waals surface area contributed by atoms with E-state index in [1.165, 1.54) is 18.2 Å². The Bertz CT molecular complexity index is 676. The van der Waals surface area contributed by atoms with E-state index in [1.54, 1.807) is 0 Å². The number of benzene rings is 1. The molecule has 0 fully saturated rings. The molecule has 1 amide bonds. The molecule has 0 bridgehead atoms. The molecule has 1 heterocycles. The van der Waals surface area contributed by atoms with Crippen LogP contribution in [0.4, 0.5) is 21.0 Å². The number of halogens is 2. The van der Waals surface area contributed by atoms with Crippen LogP contribution < -0.4 is 16.0 Å². The summed E-state index contributed by atoms with van der Waals surface area (Å²) in [7, 11) is 1.84. The average molecular weight is 329 g/mol. The minimum absolute atomic E-state index is 0.00527. The lowest BCUT2D eigenvalue weighted by molar-refractivity contribution is 0.103. The highest BCUT2D eigenvalue weighted by Gasteiger charge is 2.19. The van der Waals surface area contributed by atoms with Crippen LogP contribution in [0.5, 0.6) is 0 Å². The molecule has 2 aromatic rings. The van der Waals surface area contributed by atoms with Crippen LogP contribution >= 0.6 is 22.9 Å². The molecule has 5 nitrogen and oxygen atoms in total. The standard InChI is InChI=1S/C13H14ClFN4OS/c1-3-19(2)13-18-11(16)10(21-13)12(20)17-9-6-7(14)4-5-8(9)15/h4-6H,3,16H2,1-2H3,(H,17,20). The number of nitrogen functional groups attached to an aromatic ring is 1. The molecule has 1 aromatic carbocycles. The van der Waals surface area contributed by atoms with Crippen molar-refractivity contribution in [1.82, 2.24) is 4.98 Å². The predicted molar refractivity (Wildman–Crippen MR) is 84.8 cm³/mol. The minimum Gasteiger partial charge on any atom is -0.382 e. The number of hydrogen-bond donors (Lipinski definition) is 2. The normalized spacial score (nSPS) is 10.5. The van der Waals surface area contributed by atoms with E-state index < -0.39 is 11.7 Å². The van der Waals surface area contributed by atoms with Gasteiger partial charge < -0.3 is 16.0 Å². The van der Waals surface area contributed by atoms with Crippen molar-refractivity contribution in [3.05, 3.63) is 33.9 Å². The Morgan fingerprint density at radius 1 is 1.57 bits per heavy atom. The van der Waals surface area contributed by atoms with Gasteiger partial charge in [-0.05, 0) is 25.1 Å². The first-order chi connectivity index (χ1) is 9.92. The Kier molecular flexibility index (Phi) is 4.64. The number of nitrogens with zero attached hydrogens (tertiary/aromatic N) is 2. The molecule has 0 aliphatic carbocycles. The zero-order chi connectivity index (χ0) is 15.6. The van der Waals surface area contributed by atoms with Gasteiger partial charge in [0.2, 0.25) is 0 Å². The van der Waals surface area contributed by atoms with Crippen molar-refractivity contribution in [1.29, 1.82) is 0 Å². The molecule has 0 aliphatic rings. The SMILES string of the molecule is CCN(C)c1nc(N)c(C(=O)Nc2cc(Cl)ccc2F)s1. The number of aromatic nitrogens is 1. The molecule has 3 N–H and O–H groups in total. The lowest BCUT2D eigenvalue weighted by Crippen LogP contribution is -2.15. The Hall–Kier alpha value is -1.86. The van der Waals surface area contributed by atoms with Crippen LogP contribution in [0.3, 0.4) is 0 Å². The van der Waals surface area contributed by atoms with Gasteiger partial charge in [-0.2, -0.15) is 0 Å². The summed E-state index contributed by atoms with van der Waals surface area (Å²) in [5.74, 6) is -0.959. The minimum atomic E-state index is -0.568. The summed E-state index contributed by atoms with van der Waals surface area (Å²) in [4.78, 5) is 18.4. The molecule has 0 atom stereocenters. The van der Waals surface area contributed by atoms with Crippen molar-refractivity contribution in [3.63, 3.8) is 0 Å². The van der Waals surface area contributed by atoms with Crippen LogP contribution in [0.25, 0.3) is 0 Å². The van der Waals surface area contributed by atoms with Crippen LogP contribution in [0.1, 0.15) is 16.6 Å². The maximum absolute atomic E-state index is 13.6. The van der Waals surface area contributed by atoms with Crippen molar-refractivity contribution in [2.75, 3.05) is 29.5 Å². The zero-order valence-electron chi connectivity index (χ0n) is 11.5. The largest absolute Gasteiger partial charge is 0.382 e. The van der Waals surface area contributed by atoms with Gasteiger partial charge in [0.25, 0.3) is 5.91 Å². The summed E-state index contributed by atoms with van der Waals surface area (Å²) in [5.41, 5.74) is 5.75. The lowest BCUT2D eigenvalue weighted by Gasteiger charge is -2.10. The molecule has 0 spiro atoms. The van der Waals surface area contributed by atoms with Crippen molar-refractivity contribution < 1.29 is 9.18 Å². The molecular formula is C13H14ClFN4OS. The van der Waals surface area contributed by atoms with Gasteiger partial charge in [0.05, 0.1) is 5.69 Å². The van der Waals surface area contributed by atoms with E-state index in [-0.39, 0.29) is 16.4 Å². The maximum atomic E-state index is 13.6. The quantitative estimate of drug-likeness (QED) is 0.904. The predicted octanol–water partition coefficient (Wildman–Crippen LogP) is 3.23. The van der Waals surface area contributed by atoms with Crippen LogP contribution in [0.2, 0.25) is 5.02 Å². The van der Waals surface area contributed by atoms with Gasteiger partial charge in [-0.3, -0.25) is 4.79 Å². The smallest absolute Gasteiger partial charge is 0.269 e. The number of hydrogen-bond acceptors (Lipinski definition) is 5. The molecule has 0 unspecified atom stereocenters. The summed E-state index contributed by atoms with van der Waals surface area (Å²) < 4.78 is 13.6. The summed E-state index contributed by atoms with van der Waals surface area (Å²) in [5, 5.41) is 3.41. The summed E-state index contributed by atoms with van der Waals surface area (Å²) in [6.07, 6.45) is 0. The Morgan fingerprint density at radius 2 is 2.29 bits per heavy atom. The second-order valence-corrected chi connectivity index (χ2v) is 5.72. The van der Waals surface area contributed by atoms with Crippen molar-refractivity contribution in [2.45, 2.75) is 6.92 Å². The van der Waals surface area contributed by atoms with Crippen molar-refractivity contribution in [3.8, 4) is 0 Å². The highest BCUT2D eigenvalue weighted by molar-refractivity contribution is 7.18. The number of anilines is 3. The Labute approximate surface area is 130 Å². The first kappa shape index (κ1) is 15.5. The van der Waals surface area contributed by atoms with E-state index in [1.807, 2.05) is 18.9 Å². The second kappa shape index (κ2) is 6.28. The summed E-state index contributed by atoms with van der Waals surface area (Å²) in [6.45, 7) is 2.69. The van der Waals surface area contributed by atoms with Gasteiger partial charge in [-0.25, -0.2) is 9.37 Å². The number of nitrogens with one attached hydrogen (secondary N) is 1. The molecule has 0 saturated carbocycles. The molecule has 2 rings (SSSR count). The highest BCUT2D eigenvalue weighted by atomic mass is 35.5. The van der Waals surface area contributed by atoms with Gasteiger partial charge in [0, 0.05) is 18.6 Å². The molecular weight excluding hydrogens is 315 g/mol. The monoisotopic (exact) mass is 328 g/mol. The van der Waals surface area contributed by atoms with E-state index >= 15 is 0 Å². The number of carbonyl (C=O) groups excluding carboxylic acids is 1. The number of rotatable bonds is 4. The van der Waals surface area contributed by atoms with E-state index in [0.717, 1.165) is 17.9 Å². The maximum Gasteiger partial charge on any atom is 0.269 e. The molecule has 0 radical (unpaired) electrons. The fourth-order valence-corrected chi connectivity index (χ4v) is 2.63. The molecule has 8 heteroatoms. The molecule has 0 aliphatic heterocycles. The lowest BCUT2D eigenvalue weighted by atomic mass is 10.3. The van der Waals surface area contributed by atoms with Gasteiger partial charge >= 0.3 is 0 Å². The van der Waals surface area contributed by atoms with Crippen LogP contribution in [-0.4, -0.2) is 24.5 Å². The van der Waals surface area contributed by atoms with Gasteiger partial charge in [0.1, 0.15) is 16.5 Å². The van der Waals surface area contributed by atoms with E-state index in [2.05, 4.69) is 10.3 Å². The van der Waals surface area contributed by atoms with Gasteiger partial charge in [-0.1, -0.05) is 22.9 Å². The first-order valence-corrected chi connectivity index (χ1v) is 7.35. The molecule has 0 saturated heterocycles. The fraction of sp³-hybridized carbons (Fsp3) is 0.231. The molecule has 112 valence electrons. The highest BCUT2D eigenvalue weighted by Crippen LogP contribution is 2.29. The van der Waals surface area contributed by atoms with Crippen LogP contribution in [0, 0.1) is 5.82 Å². The zero-order valence-corrected chi connectivity index (χ0v) is 13.1. The third kappa shape index (κ3) is 3.43. The molecule has 1 aromatic heterocycles. The van der Waals surface area contributed by atoms with Crippen LogP contribution in [-0.2, 0) is 0 Å². The fourth-order valence-electron chi connectivity index (χ4n) is 1.55. The van der Waals surface area contributed by atoms with E-state index in [0.29, 0.717) is 10.2 Å². The van der Waals surface area contributed by atoms with E-state index in [4.69, 9.17) is 17.3 Å². The van der Waals surface area contributed by atoms with Gasteiger partial charge in [-0.15, -0.1) is 0 Å². The third-order valence-corrected chi connectivity index (χ3v) is 4.25. The number of thiazole rings is 1. The Morgan fingerprint density at radius 3 is 2.95 bits per heavy atom.